The highest BCUT2D eigenvalue weighted by Crippen LogP contribution is 2.36. The van der Waals surface area contributed by atoms with Gasteiger partial charge in [-0.2, -0.15) is 5.10 Å². The molecule has 7 rings (SSSR count). The fourth-order valence-electron chi connectivity index (χ4n) is 4.65. The highest BCUT2D eigenvalue weighted by Gasteiger charge is 2.15. The number of H-pyrrole nitrogens is 2. The molecule has 0 bridgehead atoms. The molecule has 0 fully saturated rings. The van der Waals surface area contributed by atoms with Crippen molar-refractivity contribution in [3.8, 4) is 33.1 Å². The van der Waals surface area contributed by atoms with Gasteiger partial charge in [-0.25, -0.2) is 0 Å². The van der Waals surface area contributed by atoms with Gasteiger partial charge < -0.3 is 10.3 Å². The third kappa shape index (κ3) is 3.93. The van der Waals surface area contributed by atoms with Crippen LogP contribution in [0.15, 0.2) is 103 Å². The number of nitrogens with one attached hydrogen (secondary N) is 3. The van der Waals surface area contributed by atoms with E-state index in [1.165, 1.54) is 10.4 Å². The van der Waals surface area contributed by atoms with E-state index in [1.54, 1.807) is 42.1 Å². The summed E-state index contributed by atoms with van der Waals surface area (Å²) in [5.74, 6) is -0.189. The summed E-state index contributed by atoms with van der Waals surface area (Å²) in [6.07, 6.45) is 5.14. The highest BCUT2D eigenvalue weighted by atomic mass is 32.1. The maximum absolute atomic E-state index is 12.6. The zero-order valence-electron chi connectivity index (χ0n) is 20.0. The Morgan fingerprint density at radius 2 is 1.76 bits per heavy atom. The summed E-state index contributed by atoms with van der Waals surface area (Å²) < 4.78 is 0. The van der Waals surface area contributed by atoms with Crippen LogP contribution in [0.4, 0.5) is 5.69 Å². The number of thiophene rings is 1. The fraction of sp³-hybridized carbons (Fsp3) is 0. The normalized spacial score (nSPS) is 11.3. The highest BCUT2D eigenvalue weighted by molar-refractivity contribution is 7.13. The van der Waals surface area contributed by atoms with Gasteiger partial charge in [-0.05, 0) is 47.8 Å². The molecule has 38 heavy (non-hydrogen) atoms. The summed E-state index contributed by atoms with van der Waals surface area (Å²) in [5, 5.41) is 14.8. The molecule has 3 N–H and O–H groups in total. The van der Waals surface area contributed by atoms with E-state index in [2.05, 4.69) is 72.2 Å². The largest absolute Gasteiger partial charge is 0.353 e. The molecule has 8 heteroatoms. The van der Waals surface area contributed by atoms with Crippen LogP contribution >= 0.6 is 11.3 Å². The van der Waals surface area contributed by atoms with Crippen LogP contribution < -0.4 is 5.32 Å². The summed E-state index contributed by atoms with van der Waals surface area (Å²) in [4.78, 5) is 26.3. The molecule has 0 saturated carbocycles. The van der Waals surface area contributed by atoms with E-state index in [-0.39, 0.29) is 5.91 Å². The quantitative estimate of drug-likeness (QED) is 0.228. The molecule has 0 spiro atoms. The van der Waals surface area contributed by atoms with Crippen LogP contribution in [0.3, 0.4) is 0 Å². The van der Waals surface area contributed by atoms with Crippen molar-refractivity contribution in [2.45, 2.75) is 0 Å². The van der Waals surface area contributed by atoms with Gasteiger partial charge in [-0.15, -0.1) is 11.3 Å². The average Bonchev–Trinajstić information content (AvgIpc) is 3.73. The minimum absolute atomic E-state index is 0.189. The zero-order valence-corrected chi connectivity index (χ0v) is 20.8. The van der Waals surface area contributed by atoms with Crippen molar-refractivity contribution in [1.29, 1.82) is 0 Å². The van der Waals surface area contributed by atoms with E-state index in [0.29, 0.717) is 11.3 Å². The first-order chi connectivity index (χ1) is 18.7. The van der Waals surface area contributed by atoms with E-state index in [4.69, 9.17) is 0 Å². The minimum Gasteiger partial charge on any atom is -0.353 e. The van der Waals surface area contributed by atoms with Crippen LogP contribution in [0.2, 0.25) is 0 Å². The van der Waals surface area contributed by atoms with Gasteiger partial charge in [0.15, 0.2) is 0 Å². The number of rotatable bonds is 5. The van der Waals surface area contributed by atoms with Gasteiger partial charge in [-0.3, -0.25) is 19.9 Å². The summed E-state index contributed by atoms with van der Waals surface area (Å²) in [5.41, 5.74) is 7.55. The fourth-order valence-corrected chi connectivity index (χ4v) is 5.42. The smallest absolute Gasteiger partial charge is 0.255 e. The van der Waals surface area contributed by atoms with Gasteiger partial charge >= 0.3 is 0 Å². The lowest BCUT2D eigenvalue weighted by atomic mass is 10.1. The van der Waals surface area contributed by atoms with E-state index < -0.39 is 0 Å². The van der Waals surface area contributed by atoms with Gasteiger partial charge in [-0.1, -0.05) is 36.4 Å². The Morgan fingerprint density at radius 1 is 0.842 bits per heavy atom. The number of amides is 1. The molecular weight excluding hydrogens is 492 g/mol. The molecule has 1 amide bonds. The number of anilines is 1. The Labute approximate surface area is 221 Å². The van der Waals surface area contributed by atoms with Gasteiger partial charge in [0, 0.05) is 44.1 Å². The number of nitrogens with zero attached hydrogens (tertiary/aromatic N) is 3. The van der Waals surface area contributed by atoms with Gasteiger partial charge in [0.1, 0.15) is 5.69 Å². The lowest BCUT2D eigenvalue weighted by molar-refractivity contribution is 0.102. The average molecular weight is 513 g/mol. The molecule has 0 atom stereocenters. The number of hydrogen-bond donors (Lipinski definition) is 3. The Kier molecular flexibility index (Phi) is 5.30. The van der Waals surface area contributed by atoms with Crippen molar-refractivity contribution in [2.75, 3.05) is 5.32 Å². The molecule has 0 saturated heterocycles. The first-order valence-corrected chi connectivity index (χ1v) is 12.9. The van der Waals surface area contributed by atoms with Crippen LogP contribution in [0.1, 0.15) is 10.4 Å². The second kappa shape index (κ2) is 9.10. The van der Waals surface area contributed by atoms with Crippen LogP contribution in [0.5, 0.6) is 0 Å². The molecule has 0 unspecified atom stereocenters. The zero-order chi connectivity index (χ0) is 25.5. The summed E-state index contributed by atoms with van der Waals surface area (Å²) >= 11 is 1.73. The predicted octanol–water partition coefficient (Wildman–Crippen LogP) is 7.15. The molecule has 182 valence electrons. The molecule has 7 nitrogen and oxygen atoms in total. The molecule has 0 aliphatic carbocycles. The lowest BCUT2D eigenvalue weighted by Gasteiger charge is -2.07. The van der Waals surface area contributed by atoms with Gasteiger partial charge in [0.05, 0.1) is 35.0 Å². The standard InChI is InChI=1S/C30H20N6OS/c37-30(18-6-2-1-3-7-18)33-20-12-19(15-31-16-20)25-14-23-27(17-32-25)35-36-29(23)26-13-22-21(28-10-5-11-38-28)8-4-9-24(22)34-26/h1-17,34H,(H,33,37)(H,35,36). The molecular formula is C30H20N6OS. The van der Waals surface area contributed by atoms with Crippen molar-refractivity contribution in [3.63, 3.8) is 0 Å². The maximum atomic E-state index is 12.6. The van der Waals surface area contributed by atoms with Crippen LogP contribution in [-0.2, 0) is 0 Å². The lowest BCUT2D eigenvalue weighted by Crippen LogP contribution is -2.11. The number of benzene rings is 2. The van der Waals surface area contributed by atoms with Crippen LogP contribution in [0, 0.1) is 0 Å². The Balaban J connectivity index is 1.25. The topological polar surface area (TPSA) is 99.4 Å². The minimum atomic E-state index is -0.189. The first kappa shape index (κ1) is 22.1. The number of hydrogen-bond acceptors (Lipinski definition) is 5. The molecule has 5 aromatic heterocycles. The van der Waals surface area contributed by atoms with Crippen LogP contribution in [0.25, 0.3) is 54.9 Å². The van der Waals surface area contributed by atoms with E-state index in [0.717, 1.165) is 44.5 Å². The van der Waals surface area contributed by atoms with Crippen molar-refractivity contribution in [2.24, 2.45) is 0 Å². The Morgan fingerprint density at radius 3 is 2.63 bits per heavy atom. The number of carbonyl (C=O) groups excluding carboxylic acids is 1. The monoisotopic (exact) mass is 512 g/mol. The Bertz CT molecular complexity index is 1920. The predicted molar refractivity (Wildman–Crippen MR) is 152 cm³/mol. The number of pyridine rings is 2. The number of aromatic amines is 2. The molecule has 7 aromatic rings. The van der Waals surface area contributed by atoms with E-state index in [1.807, 2.05) is 30.3 Å². The first-order valence-electron chi connectivity index (χ1n) is 12.0. The number of aromatic nitrogens is 5. The second-order valence-electron chi connectivity index (χ2n) is 8.90. The molecule has 5 heterocycles. The van der Waals surface area contributed by atoms with Crippen molar-refractivity contribution in [1.82, 2.24) is 25.1 Å². The second-order valence-corrected chi connectivity index (χ2v) is 9.84. The van der Waals surface area contributed by atoms with E-state index >= 15 is 0 Å². The number of carbonyl (C=O) groups is 1. The van der Waals surface area contributed by atoms with Gasteiger partial charge in [0.2, 0.25) is 0 Å². The summed E-state index contributed by atoms with van der Waals surface area (Å²) in [6, 6.07) is 25.6. The molecule has 0 radical (unpaired) electrons. The summed E-state index contributed by atoms with van der Waals surface area (Å²) in [6.45, 7) is 0. The molecule has 0 aliphatic rings. The molecule has 0 aliphatic heterocycles. The van der Waals surface area contributed by atoms with Gasteiger partial charge in [0.25, 0.3) is 5.91 Å². The van der Waals surface area contributed by atoms with Crippen molar-refractivity contribution >= 4 is 44.7 Å². The SMILES string of the molecule is O=C(Nc1cncc(-c2cc3c(-c4cc5c(-c6cccs6)cccc5[nH]4)n[nH]c3cn2)c1)c1ccccc1. The van der Waals surface area contributed by atoms with Crippen molar-refractivity contribution in [3.05, 3.63) is 108 Å². The molecule has 2 aromatic carbocycles. The summed E-state index contributed by atoms with van der Waals surface area (Å²) in [7, 11) is 0. The third-order valence-electron chi connectivity index (χ3n) is 6.48. The van der Waals surface area contributed by atoms with E-state index in [9.17, 15) is 4.79 Å². The number of fused-ring (bicyclic) bond motifs is 2. The van der Waals surface area contributed by atoms with Crippen LogP contribution in [-0.4, -0.2) is 31.1 Å². The maximum Gasteiger partial charge on any atom is 0.255 e. The third-order valence-corrected chi connectivity index (χ3v) is 7.38. The van der Waals surface area contributed by atoms with Crippen molar-refractivity contribution < 1.29 is 4.79 Å². The Hall–Kier alpha value is -5.08.